The molecule has 24 heavy (non-hydrogen) atoms. The average Bonchev–Trinajstić information content (AvgIpc) is 3.25. The van der Waals surface area contributed by atoms with Gasteiger partial charge in [0.1, 0.15) is 11.8 Å². The highest BCUT2D eigenvalue weighted by atomic mass is 16.6. The third kappa shape index (κ3) is 3.81. The number of hydrogen-bond acceptors (Lipinski definition) is 5. The van der Waals surface area contributed by atoms with Gasteiger partial charge in [0.15, 0.2) is 5.76 Å². The maximum Gasteiger partial charge on any atom is 0.290 e. The maximum atomic E-state index is 12.0. The summed E-state index contributed by atoms with van der Waals surface area (Å²) in [5.74, 6) is 0.701. The molecule has 7 nitrogen and oxygen atoms in total. The van der Waals surface area contributed by atoms with Gasteiger partial charge in [-0.15, -0.1) is 0 Å². The highest BCUT2D eigenvalue weighted by molar-refractivity contribution is 5.91. The van der Waals surface area contributed by atoms with Gasteiger partial charge in [0, 0.05) is 18.8 Å². The standard InChI is InChI=1S/C17H14N4O3/c18-10-13-11-20-21(12-13)9-8-19-17(22)15-6-7-16(24-15)23-14-4-2-1-3-5-14/h1-7,11-12H,8-9H2,(H,19,22). The van der Waals surface area contributed by atoms with Crippen LogP contribution in [0.25, 0.3) is 0 Å². The number of ether oxygens (including phenoxy) is 1. The van der Waals surface area contributed by atoms with Crippen molar-refractivity contribution in [3.8, 4) is 17.8 Å². The Hall–Kier alpha value is -3.53. The fourth-order valence-corrected chi connectivity index (χ4v) is 2.02. The van der Waals surface area contributed by atoms with E-state index in [0.717, 1.165) is 0 Å². The van der Waals surface area contributed by atoms with Crippen LogP contribution in [0.3, 0.4) is 0 Å². The molecule has 3 rings (SSSR count). The molecule has 0 spiro atoms. The lowest BCUT2D eigenvalue weighted by Crippen LogP contribution is -2.26. The fraction of sp³-hybridized carbons (Fsp3) is 0.118. The van der Waals surface area contributed by atoms with Crippen molar-refractivity contribution in [1.82, 2.24) is 15.1 Å². The number of nitrogens with one attached hydrogen (secondary N) is 1. The zero-order valence-corrected chi connectivity index (χ0v) is 12.7. The smallest absolute Gasteiger partial charge is 0.290 e. The number of hydrogen-bond donors (Lipinski definition) is 1. The molecule has 0 bridgehead atoms. The summed E-state index contributed by atoms with van der Waals surface area (Å²) in [6.07, 6.45) is 3.09. The van der Waals surface area contributed by atoms with Gasteiger partial charge in [-0.1, -0.05) is 18.2 Å². The summed E-state index contributed by atoms with van der Waals surface area (Å²) >= 11 is 0. The first kappa shape index (κ1) is 15.4. The number of furan rings is 1. The Morgan fingerprint density at radius 1 is 1.29 bits per heavy atom. The van der Waals surface area contributed by atoms with Crippen LogP contribution in [0.4, 0.5) is 0 Å². The minimum Gasteiger partial charge on any atom is -0.426 e. The van der Waals surface area contributed by atoms with Crippen LogP contribution in [0.15, 0.2) is 59.3 Å². The molecule has 1 N–H and O–H groups in total. The summed E-state index contributed by atoms with van der Waals surface area (Å²) in [5, 5.41) is 15.5. The minimum atomic E-state index is -0.342. The first-order valence-electron chi connectivity index (χ1n) is 7.28. The Morgan fingerprint density at radius 2 is 2.12 bits per heavy atom. The summed E-state index contributed by atoms with van der Waals surface area (Å²) in [6.45, 7) is 0.822. The molecule has 1 aromatic carbocycles. The Balaban J connectivity index is 1.51. The predicted octanol–water partition coefficient (Wildman–Crippen LogP) is 2.57. The quantitative estimate of drug-likeness (QED) is 0.753. The molecule has 0 radical (unpaired) electrons. The number of benzene rings is 1. The van der Waals surface area contributed by atoms with Crippen molar-refractivity contribution in [3.63, 3.8) is 0 Å². The van der Waals surface area contributed by atoms with Gasteiger partial charge in [-0.25, -0.2) is 0 Å². The molecule has 7 heteroatoms. The van der Waals surface area contributed by atoms with Crippen molar-refractivity contribution in [2.75, 3.05) is 6.54 Å². The van der Waals surface area contributed by atoms with Crippen LogP contribution in [-0.2, 0) is 6.54 Å². The number of carbonyl (C=O) groups is 1. The largest absolute Gasteiger partial charge is 0.426 e. The number of carbonyl (C=O) groups excluding carboxylic acids is 1. The molecule has 0 aliphatic heterocycles. The number of amides is 1. The van der Waals surface area contributed by atoms with Crippen LogP contribution in [0.2, 0.25) is 0 Å². The highest BCUT2D eigenvalue weighted by Crippen LogP contribution is 2.23. The average molecular weight is 322 g/mol. The van der Waals surface area contributed by atoms with E-state index in [1.165, 1.54) is 6.20 Å². The van der Waals surface area contributed by atoms with Gasteiger partial charge in [-0.2, -0.15) is 10.4 Å². The second kappa shape index (κ2) is 7.15. The Bertz CT molecular complexity index is 861. The lowest BCUT2D eigenvalue weighted by atomic mass is 10.3. The van der Waals surface area contributed by atoms with Gasteiger partial charge in [-0.3, -0.25) is 9.48 Å². The number of nitrogens with zero attached hydrogens (tertiary/aromatic N) is 3. The summed E-state index contributed by atoms with van der Waals surface area (Å²) in [5.41, 5.74) is 0.482. The summed E-state index contributed by atoms with van der Waals surface area (Å²) in [7, 11) is 0. The van der Waals surface area contributed by atoms with Gasteiger partial charge in [0.05, 0.1) is 18.3 Å². The van der Waals surface area contributed by atoms with Gasteiger partial charge in [0.25, 0.3) is 11.9 Å². The zero-order chi connectivity index (χ0) is 16.8. The Labute approximate surface area is 138 Å². The molecule has 0 saturated heterocycles. The van der Waals surface area contributed by atoms with Crippen LogP contribution < -0.4 is 10.1 Å². The van der Waals surface area contributed by atoms with E-state index in [0.29, 0.717) is 24.4 Å². The van der Waals surface area contributed by atoms with Crippen molar-refractivity contribution < 1.29 is 13.9 Å². The molecular formula is C17H14N4O3. The third-order valence-electron chi connectivity index (χ3n) is 3.16. The second-order valence-corrected chi connectivity index (χ2v) is 4.89. The SMILES string of the molecule is N#Cc1cnn(CCNC(=O)c2ccc(Oc3ccccc3)o2)c1. The molecule has 3 aromatic rings. The number of para-hydroxylation sites is 1. The monoisotopic (exact) mass is 322 g/mol. The molecule has 1 amide bonds. The zero-order valence-electron chi connectivity index (χ0n) is 12.7. The third-order valence-corrected chi connectivity index (χ3v) is 3.16. The van der Waals surface area contributed by atoms with E-state index in [1.807, 2.05) is 24.3 Å². The van der Waals surface area contributed by atoms with Crippen LogP contribution in [-0.4, -0.2) is 22.2 Å². The lowest BCUT2D eigenvalue weighted by molar-refractivity contribution is 0.0919. The van der Waals surface area contributed by atoms with E-state index in [1.54, 1.807) is 35.1 Å². The van der Waals surface area contributed by atoms with Crippen LogP contribution >= 0.6 is 0 Å². The van der Waals surface area contributed by atoms with Crippen LogP contribution in [0.1, 0.15) is 16.1 Å². The highest BCUT2D eigenvalue weighted by Gasteiger charge is 2.12. The number of rotatable bonds is 6. The first-order chi connectivity index (χ1) is 11.7. The second-order valence-electron chi connectivity index (χ2n) is 4.89. The van der Waals surface area contributed by atoms with Gasteiger partial charge >= 0.3 is 0 Å². The molecule has 0 aliphatic rings. The molecule has 120 valence electrons. The predicted molar refractivity (Wildman–Crippen MR) is 84.5 cm³/mol. The number of nitriles is 1. The molecule has 0 atom stereocenters. The molecule has 0 unspecified atom stereocenters. The normalized spacial score (nSPS) is 10.1. The van der Waals surface area contributed by atoms with Crippen molar-refractivity contribution in [3.05, 3.63) is 66.2 Å². The summed E-state index contributed by atoms with van der Waals surface area (Å²) in [4.78, 5) is 12.0. The van der Waals surface area contributed by atoms with E-state index < -0.39 is 0 Å². The van der Waals surface area contributed by atoms with Crippen molar-refractivity contribution >= 4 is 5.91 Å². The van der Waals surface area contributed by atoms with Gasteiger partial charge < -0.3 is 14.5 Å². The Morgan fingerprint density at radius 3 is 2.88 bits per heavy atom. The van der Waals surface area contributed by atoms with Crippen LogP contribution in [0, 0.1) is 11.3 Å². The van der Waals surface area contributed by atoms with Gasteiger partial charge in [0.2, 0.25) is 0 Å². The molecule has 0 saturated carbocycles. The molecule has 2 heterocycles. The first-order valence-corrected chi connectivity index (χ1v) is 7.28. The van der Waals surface area contributed by atoms with E-state index in [9.17, 15) is 4.79 Å². The fourth-order valence-electron chi connectivity index (χ4n) is 2.02. The summed E-state index contributed by atoms with van der Waals surface area (Å²) in [6, 6.07) is 14.3. The molecule has 0 fully saturated rings. The number of aromatic nitrogens is 2. The topological polar surface area (TPSA) is 93.1 Å². The Kier molecular flexibility index (Phi) is 4.58. The van der Waals surface area contributed by atoms with E-state index in [4.69, 9.17) is 14.4 Å². The van der Waals surface area contributed by atoms with Gasteiger partial charge in [-0.05, 0) is 18.2 Å². The molecular weight excluding hydrogens is 308 g/mol. The van der Waals surface area contributed by atoms with E-state index in [-0.39, 0.29) is 17.6 Å². The molecule has 2 aromatic heterocycles. The lowest BCUT2D eigenvalue weighted by Gasteiger charge is -2.03. The van der Waals surface area contributed by atoms with Crippen LogP contribution in [0.5, 0.6) is 11.7 Å². The summed E-state index contributed by atoms with van der Waals surface area (Å²) < 4.78 is 12.5. The van der Waals surface area contributed by atoms with Crippen molar-refractivity contribution in [2.24, 2.45) is 0 Å². The minimum absolute atomic E-state index is 0.166. The van der Waals surface area contributed by atoms with Crippen molar-refractivity contribution in [2.45, 2.75) is 6.54 Å². The molecule has 0 aliphatic carbocycles. The maximum absolute atomic E-state index is 12.0. The van der Waals surface area contributed by atoms with Crippen molar-refractivity contribution in [1.29, 1.82) is 5.26 Å². The van der Waals surface area contributed by atoms with E-state index >= 15 is 0 Å². The van der Waals surface area contributed by atoms with E-state index in [2.05, 4.69) is 10.4 Å².